The van der Waals surface area contributed by atoms with Crippen LogP contribution >= 0.6 is 23.4 Å². The fraction of sp³-hybridized carbons (Fsp3) is 0.311. The topological polar surface area (TPSA) is 162 Å². The molecule has 1 saturated heterocycles. The Hall–Kier alpha value is -4.62. The number of aliphatic hydroxyl groups excluding tert-OH is 1. The number of likely N-dealkylation sites (N-methyl/N-ethyl adjacent to an activating group) is 1. The van der Waals surface area contributed by atoms with Gasteiger partial charge in [0.05, 0.1) is 17.2 Å². The lowest BCUT2D eigenvalue weighted by molar-refractivity contribution is -0.0435. The highest BCUT2D eigenvalue weighted by Crippen LogP contribution is 2.38. The molecule has 5 N–H and O–H groups in total. The smallest absolute Gasteiger partial charge is 0.395 e. The van der Waals surface area contributed by atoms with Gasteiger partial charge in [-0.2, -0.15) is 13.2 Å². The Morgan fingerprint density at radius 1 is 0.905 bits per heavy atom. The van der Waals surface area contributed by atoms with Gasteiger partial charge < -0.3 is 26.0 Å². The summed E-state index contributed by atoms with van der Waals surface area (Å²) in [6, 6.07) is 32.7. The molecule has 0 aliphatic carbocycles. The highest BCUT2D eigenvalue weighted by Gasteiger charge is 2.48. The quantitative estimate of drug-likeness (QED) is 0.0627. The zero-order chi connectivity index (χ0) is 45.4. The van der Waals surface area contributed by atoms with Crippen molar-refractivity contribution in [1.29, 1.82) is 0 Å². The standard InChI is InChI=1S/C45H49ClF3N5O6S3/c1-53(27-28-55)24-23-35(30-61-37-7-3-2-4-8-37)51-41-20-19-38(29-42(41)62(57,58)45(47,48)49)63(59,60)52-44(56)33-13-17-36(18-14-33)54-25-21-32(22-26-54)43(50)40-10-6-5-9-39(40)31-11-15-34(46)16-12-31/h2-20,29,32,35,43,51,55H,21-28,30,50H2,1H3,(H,52,56)/t35-,43-/m0/s1. The Kier molecular flexibility index (Phi) is 15.9. The molecule has 0 spiro atoms. The first-order valence-corrected chi connectivity index (χ1v) is 24.5. The van der Waals surface area contributed by atoms with Gasteiger partial charge in [-0.1, -0.05) is 66.2 Å². The summed E-state index contributed by atoms with van der Waals surface area (Å²) in [5.41, 5.74) is 4.54. The molecule has 6 rings (SSSR count). The molecule has 0 aromatic heterocycles. The summed E-state index contributed by atoms with van der Waals surface area (Å²) in [4.78, 5) is 16.0. The molecule has 0 radical (unpaired) electrons. The number of piperidine rings is 1. The van der Waals surface area contributed by atoms with E-state index >= 15 is 0 Å². The van der Waals surface area contributed by atoms with Crippen LogP contribution in [0, 0.1) is 5.92 Å². The molecule has 1 fully saturated rings. The van der Waals surface area contributed by atoms with Crippen molar-refractivity contribution >= 4 is 60.5 Å². The summed E-state index contributed by atoms with van der Waals surface area (Å²) in [5, 5.41) is 12.9. The SMILES string of the molecule is CN(CCO)CC[C@@H](CSc1ccccc1)Nc1ccc(S(=O)(=O)NC(=O)c2ccc(N3CCC([C@H](N)c4ccccc4-c4ccc(Cl)cc4)CC3)cc2)cc1S(=O)(=O)C(F)(F)F. The van der Waals surface area contributed by atoms with E-state index in [4.69, 9.17) is 17.3 Å². The van der Waals surface area contributed by atoms with Crippen LogP contribution < -0.4 is 20.7 Å². The maximum atomic E-state index is 14.1. The number of benzene rings is 5. The van der Waals surface area contributed by atoms with Crippen LogP contribution in [0.3, 0.4) is 0 Å². The second-order valence-electron chi connectivity index (χ2n) is 15.3. The van der Waals surface area contributed by atoms with Gasteiger partial charge in [-0.15, -0.1) is 11.8 Å². The Bertz CT molecular complexity index is 2550. The number of carbonyl (C=O) groups excluding carboxylic acids is 1. The van der Waals surface area contributed by atoms with Crippen molar-refractivity contribution in [2.45, 2.75) is 51.5 Å². The third-order valence-electron chi connectivity index (χ3n) is 11.0. The third kappa shape index (κ3) is 12.1. The van der Waals surface area contributed by atoms with Gasteiger partial charge in [-0.05, 0) is 122 Å². The Labute approximate surface area is 375 Å². The third-order valence-corrected chi connectivity index (χ3v) is 15.3. The Balaban J connectivity index is 1.14. The molecule has 1 aliphatic heterocycles. The van der Waals surface area contributed by atoms with Crippen molar-refractivity contribution in [3.05, 3.63) is 137 Å². The lowest BCUT2D eigenvalue weighted by Crippen LogP contribution is -2.37. The number of aliphatic hydroxyl groups is 1. The summed E-state index contributed by atoms with van der Waals surface area (Å²) >= 11 is 7.51. The molecule has 11 nitrogen and oxygen atoms in total. The van der Waals surface area contributed by atoms with Crippen molar-refractivity contribution in [3.63, 3.8) is 0 Å². The molecule has 0 unspecified atom stereocenters. The zero-order valence-corrected chi connectivity index (χ0v) is 37.5. The lowest BCUT2D eigenvalue weighted by Gasteiger charge is -2.36. The highest BCUT2D eigenvalue weighted by molar-refractivity contribution is 7.99. The van der Waals surface area contributed by atoms with Crippen molar-refractivity contribution in [2.24, 2.45) is 11.7 Å². The van der Waals surface area contributed by atoms with Crippen molar-refractivity contribution < 1.29 is 39.9 Å². The molecule has 336 valence electrons. The van der Waals surface area contributed by atoms with E-state index in [1.54, 1.807) is 19.2 Å². The van der Waals surface area contributed by atoms with Crippen molar-refractivity contribution in [2.75, 3.05) is 55.8 Å². The number of halogens is 4. The first-order chi connectivity index (χ1) is 30.0. The number of rotatable bonds is 18. The first-order valence-electron chi connectivity index (χ1n) is 20.2. The number of carbonyl (C=O) groups is 1. The van der Waals surface area contributed by atoms with Gasteiger partial charge in [0.15, 0.2) is 0 Å². The fourth-order valence-corrected chi connectivity index (χ4v) is 10.6. The number of anilines is 2. The number of alkyl halides is 3. The van der Waals surface area contributed by atoms with Crippen LogP contribution in [0.25, 0.3) is 11.1 Å². The number of thioether (sulfide) groups is 1. The van der Waals surface area contributed by atoms with Crippen LogP contribution in [0.1, 0.15) is 41.2 Å². The number of sulfone groups is 1. The predicted octanol–water partition coefficient (Wildman–Crippen LogP) is 8.22. The molecule has 5 aromatic rings. The average Bonchev–Trinajstić information content (AvgIpc) is 3.27. The summed E-state index contributed by atoms with van der Waals surface area (Å²) in [7, 11) is -9.19. The van der Waals surface area contributed by atoms with Crippen molar-refractivity contribution in [3.8, 4) is 11.1 Å². The van der Waals surface area contributed by atoms with E-state index < -0.39 is 52.8 Å². The van der Waals surface area contributed by atoms with E-state index in [2.05, 4.69) is 10.2 Å². The largest absolute Gasteiger partial charge is 0.501 e. The maximum absolute atomic E-state index is 14.1. The number of nitrogens with one attached hydrogen (secondary N) is 2. The average molecular weight is 945 g/mol. The predicted molar refractivity (Wildman–Crippen MR) is 243 cm³/mol. The number of hydrogen-bond donors (Lipinski definition) is 4. The molecular formula is C45H49ClF3N5O6S3. The minimum atomic E-state index is -6.08. The van der Waals surface area contributed by atoms with Gasteiger partial charge >= 0.3 is 5.51 Å². The molecule has 2 atom stereocenters. The zero-order valence-electron chi connectivity index (χ0n) is 34.3. The van der Waals surface area contributed by atoms with Gasteiger partial charge in [0.1, 0.15) is 4.90 Å². The molecule has 0 bridgehead atoms. The van der Waals surface area contributed by atoms with E-state index in [0.29, 0.717) is 49.4 Å². The summed E-state index contributed by atoms with van der Waals surface area (Å²) < 4.78 is 97.1. The number of nitrogens with zero attached hydrogens (tertiary/aromatic N) is 2. The van der Waals surface area contributed by atoms with Crippen LogP contribution in [0.2, 0.25) is 5.02 Å². The Morgan fingerprint density at radius 3 is 2.21 bits per heavy atom. The second kappa shape index (κ2) is 20.9. The van der Waals surface area contributed by atoms with Crippen LogP contribution in [-0.2, 0) is 19.9 Å². The van der Waals surface area contributed by atoms with Gasteiger partial charge in [0, 0.05) is 58.6 Å². The molecule has 1 aliphatic rings. The lowest BCUT2D eigenvalue weighted by atomic mass is 9.83. The van der Waals surface area contributed by atoms with E-state index in [1.807, 2.05) is 88.5 Å². The second-order valence-corrected chi connectivity index (χ2v) is 20.4. The van der Waals surface area contributed by atoms with E-state index in [1.165, 1.54) is 23.9 Å². The van der Waals surface area contributed by atoms with E-state index in [0.717, 1.165) is 52.2 Å². The van der Waals surface area contributed by atoms with E-state index in [9.17, 15) is 39.9 Å². The molecular weight excluding hydrogens is 895 g/mol. The fourth-order valence-electron chi connectivity index (χ4n) is 7.44. The van der Waals surface area contributed by atoms with Gasteiger partial charge in [0.2, 0.25) is 0 Å². The minimum absolute atomic E-state index is 0.0376. The minimum Gasteiger partial charge on any atom is -0.395 e. The molecule has 63 heavy (non-hydrogen) atoms. The first kappa shape index (κ1) is 47.8. The summed E-state index contributed by atoms with van der Waals surface area (Å²) in [6.45, 7) is 2.00. The number of sulfonamides is 1. The summed E-state index contributed by atoms with van der Waals surface area (Å²) in [6.07, 6.45) is 1.93. The number of hydrogen-bond acceptors (Lipinski definition) is 11. The molecule has 1 amide bonds. The molecule has 1 heterocycles. The van der Waals surface area contributed by atoms with E-state index in [-0.39, 0.29) is 24.1 Å². The number of nitrogens with two attached hydrogens (primary N) is 1. The maximum Gasteiger partial charge on any atom is 0.501 e. The number of amides is 1. The molecule has 5 aromatic carbocycles. The highest BCUT2D eigenvalue weighted by atomic mass is 35.5. The van der Waals surface area contributed by atoms with Crippen LogP contribution in [0.4, 0.5) is 24.5 Å². The summed E-state index contributed by atoms with van der Waals surface area (Å²) in [5.74, 6) is -0.547. The van der Waals surface area contributed by atoms with Crippen LogP contribution in [0.5, 0.6) is 0 Å². The van der Waals surface area contributed by atoms with Crippen molar-refractivity contribution in [1.82, 2.24) is 9.62 Å². The van der Waals surface area contributed by atoms with Gasteiger partial charge in [-0.3, -0.25) is 4.79 Å². The molecule has 0 saturated carbocycles. The normalized spacial score (nSPS) is 15.0. The molecule has 18 heteroatoms. The van der Waals surface area contributed by atoms with Gasteiger partial charge in [-0.25, -0.2) is 21.6 Å². The van der Waals surface area contributed by atoms with Crippen LogP contribution in [0.15, 0.2) is 136 Å². The van der Waals surface area contributed by atoms with Crippen LogP contribution in [-0.4, -0.2) is 89.9 Å². The van der Waals surface area contributed by atoms with Gasteiger partial charge in [0.25, 0.3) is 25.8 Å². The Morgan fingerprint density at radius 2 is 1.56 bits per heavy atom. The monoisotopic (exact) mass is 943 g/mol.